The van der Waals surface area contributed by atoms with Gasteiger partial charge in [-0.05, 0) is 167 Å². The average Bonchev–Trinajstić information content (AvgIpc) is 3.59. The molecule has 2 nitrogen and oxygen atoms in total. The van der Waals surface area contributed by atoms with Gasteiger partial charge >= 0.3 is 0 Å². The van der Waals surface area contributed by atoms with Gasteiger partial charge in [-0.2, -0.15) is 0 Å². The lowest BCUT2D eigenvalue weighted by Crippen LogP contribution is -2.24. The lowest BCUT2D eigenvalue weighted by Gasteiger charge is -2.33. The fourth-order valence-corrected chi connectivity index (χ4v) is 12.0. The SMILES string of the molecule is CC1(C)c2ccccc2-c2ccc(-c3ccccc3-c3c4cc(N5CCCc6ccccc65)ccc4c(-c4cccc5ccccc45)c4cc(N5CCCc6ccccc65)ccc34)cc21. The van der Waals surface area contributed by atoms with E-state index in [-0.39, 0.29) is 5.41 Å². The third-order valence-corrected chi connectivity index (χ3v) is 15.1. The summed E-state index contributed by atoms with van der Waals surface area (Å²) in [6, 6.07) is 73.9. The third-order valence-electron chi connectivity index (χ3n) is 15.1. The number of para-hydroxylation sites is 2. The van der Waals surface area contributed by atoms with Gasteiger partial charge in [0.15, 0.2) is 0 Å². The Morgan fingerprint density at radius 2 is 0.892 bits per heavy atom. The molecule has 312 valence electrons. The normalized spacial score (nSPS) is 14.9. The van der Waals surface area contributed by atoms with E-state index in [1.54, 1.807) is 0 Å². The Labute approximate surface area is 382 Å². The molecule has 2 aliphatic heterocycles. The first kappa shape index (κ1) is 38.1. The summed E-state index contributed by atoms with van der Waals surface area (Å²) in [5.41, 5.74) is 21.0. The molecule has 2 heteroatoms. The highest BCUT2D eigenvalue weighted by Gasteiger charge is 2.35. The fourth-order valence-electron chi connectivity index (χ4n) is 12.0. The molecule has 1 aliphatic carbocycles. The van der Waals surface area contributed by atoms with Crippen molar-refractivity contribution in [3.63, 3.8) is 0 Å². The summed E-state index contributed by atoms with van der Waals surface area (Å²) in [6.07, 6.45) is 4.49. The Hall–Kier alpha value is -7.42. The molecule has 0 atom stereocenters. The van der Waals surface area contributed by atoms with E-state index < -0.39 is 0 Å². The molecule has 0 fully saturated rings. The molecule has 0 spiro atoms. The maximum absolute atomic E-state index is 2.56. The summed E-state index contributed by atoms with van der Waals surface area (Å²) in [4.78, 5) is 5.12. The lowest BCUT2D eigenvalue weighted by atomic mass is 9.80. The summed E-state index contributed by atoms with van der Waals surface area (Å²) in [5.74, 6) is 0. The van der Waals surface area contributed by atoms with Crippen molar-refractivity contribution < 1.29 is 0 Å². The van der Waals surface area contributed by atoms with Gasteiger partial charge in [0.2, 0.25) is 0 Å². The minimum Gasteiger partial charge on any atom is -0.341 e. The molecule has 0 saturated carbocycles. The van der Waals surface area contributed by atoms with E-state index in [0.717, 1.165) is 38.8 Å². The second-order valence-electron chi connectivity index (χ2n) is 19.0. The van der Waals surface area contributed by atoms with Crippen LogP contribution < -0.4 is 9.80 Å². The second kappa shape index (κ2) is 14.8. The highest BCUT2D eigenvalue weighted by molar-refractivity contribution is 6.25. The number of rotatable bonds is 5. The van der Waals surface area contributed by atoms with E-state index in [1.165, 1.54) is 122 Å². The molecular formula is C63H50N2. The predicted molar refractivity (Wildman–Crippen MR) is 276 cm³/mol. The van der Waals surface area contributed by atoms with Crippen molar-refractivity contribution in [2.24, 2.45) is 0 Å². The highest BCUT2D eigenvalue weighted by Crippen LogP contribution is 2.53. The molecule has 0 amide bonds. The molecular weight excluding hydrogens is 785 g/mol. The Kier molecular flexibility index (Phi) is 8.68. The number of benzene rings is 10. The van der Waals surface area contributed by atoms with Gasteiger partial charge in [0.25, 0.3) is 0 Å². The van der Waals surface area contributed by atoms with Crippen LogP contribution in [0.4, 0.5) is 22.7 Å². The summed E-state index contributed by atoms with van der Waals surface area (Å²) in [5, 5.41) is 7.63. The van der Waals surface area contributed by atoms with E-state index in [2.05, 4.69) is 218 Å². The largest absolute Gasteiger partial charge is 0.341 e. The first-order chi connectivity index (χ1) is 32.0. The van der Waals surface area contributed by atoms with E-state index >= 15 is 0 Å². The van der Waals surface area contributed by atoms with Gasteiger partial charge in [-0.15, -0.1) is 0 Å². The predicted octanol–water partition coefficient (Wildman–Crippen LogP) is 16.6. The molecule has 0 saturated heterocycles. The summed E-state index contributed by atoms with van der Waals surface area (Å²) >= 11 is 0. The van der Waals surface area contributed by atoms with Crippen LogP contribution in [0.2, 0.25) is 0 Å². The molecule has 10 aromatic carbocycles. The van der Waals surface area contributed by atoms with Gasteiger partial charge in [-0.25, -0.2) is 0 Å². The van der Waals surface area contributed by atoms with Crippen molar-refractivity contribution in [1.29, 1.82) is 0 Å². The first-order valence-corrected chi connectivity index (χ1v) is 23.6. The average molecular weight is 835 g/mol. The molecule has 2 heterocycles. The molecule has 3 aliphatic rings. The molecule has 0 bridgehead atoms. The zero-order chi connectivity index (χ0) is 43.2. The Morgan fingerprint density at radius 1 is 0.369 bits per heavy atom. The molecule has 10 aromatic rings. The van der Waals surface area contributed by atoms with Crippen molar-refractivity contribution >= 4 is 55.1 Å². The fraction of sp³-hybridized carbons (Fsp3) is 0.143. The van der Waals surface area contributed by atoms with E-state index in [9.17, 15) is 0 Å². The van der Waals surface area contributed by atoms with Crippen molar-refractivity contribution in [2.45, 2.75) is 44.9 Å². The molecule has 13 rings (SSSR count). The molecule has 0 unspecified atom stereocenters. The standard InChI is InChI=1S/C63H50N2/c1-63(2)57-27-10-9-24-49(57)50-33-30-44(38-58(50)63)48-23-7-8-25-51(48)61-53-34-31-46(65-37-15-21-43-18-5-12-29-60(43)65)40-56(53)62(52-26-13-19-41-16-3-6-22-47(41)52)54-35-32-45(39-55(54)61)64-36-14-20-42-17-4-11-28-59(42)64/h3-13,16-19,22-35,38-40H,14-15,20-21,36-37H2,1-2H3. The number of hydrogen-bond donors (Lipinski definition) is 0. The quantitative estimate of drug-likeness (QED) is 0.159. The van der Waals surface area contributed by atoms with Crippen LogP contribution in [0.5, 0.6) is 0 Å². The van der Waals surface area contributed by atoms with Crippen LogP contribution in [0.25, 0.3) is 76.8 Å². The van der Waals surface area contributed by atoms with E-state index in [1.807, 2.05) is 0 Å². The summed E-state index contributed by atoms with van der Waals surface area (Å²) in [7, 11) is 0. The van der Waals surface area contributed by atoms with Gasteiger partial charge in [0.05, 0.1) is 0 Å². The van der Waals surface area contributed by atoms with Crippen LogP contribution in [-0.2, 0) is 18.3 Å². The highest BCUT2D eigenvalue weighted by atomic mass is 15.1. The minimum atomic E-state index is -0.0977. The number of aryl methyl sites for hydroxylation is 2. The van der Waals surface area contributed by atoms with Gasteiger partial charge in [0, 0.05) is 41.3 Å². The Balaban J connectivity index is 1.13. The number of anilines is 4. The molecule has 0 aromatic heterocycles. The maximum Gasteiger partial charge on any atom is 0.0443 e. The number of hydrogen-bond acceptors (Lipinski definition) is 2. The number of nitrogens with zero attached hydrogens (tertiary/aromatic N) is 2. The van der Waals surface area contributed by atoms with Crippen molar-refractivity contribution in [3.8, 4) is 44.5 Å². The van der Waals surface area contributed by atoms with Crippen LogP contribution >= 0.6 is 0 Å². The number of fused-ring (bicyclic) bond motifs is 8. The summed E-state index contributed by atoms with van der Waals surface area (Å²) in [6.45, 7) is 6.76. The monoisotopic (exact) mass is 834 g/mol. The first-order valence-electron chi connectivity index (χ1n) is 23.6. The topological polar surface area (TPSA) is 6.48 Å². The zero-order valence-corrected chi connectivity index (χ0v) is 37.1. The van der Waals surface area contributed by atoms with Crippen LogP contribution in [-0.4, -0.2) is 13.1 Å². The Morgan fingerprint density at radius 3 is 1.58 bits per heavy atom. The van der Waals surface area contributed by atoms with Gasteiger partial charge < -0.3 is 9.80 Å². The zero-order valence-electron chi connectivity index (χ0n) is 37.1. The Bertz CT molecular complexity index is 3550. The minimum absolute atomic E-state index is 0.0977. The van der Waals surface area contributed by atoms with Gasteiger partial charge in [-0.3, -0.25) is 0 Å². The van der Waals surface area contributed by atoms with Crippen molar-refractivity contribution in [3.05, 3.63) is 216 Å². The summed E-state index contributed by atoms with van der Waals surface area (Å²) < 4.78 is 0. The van der Waals surface area contributed by atoms with E-state index in [4.69, 9.17) is 0 Å². The van der Waals surface area contributed by atoms with Crippen LogP contribution in [0.3, 0.4) is 0 Å². The maximum atomic E-state index is 2.56. The van der Waals surface area contributed by atoms with Crippen LogP contribution in [0.1, 0.15) is 48.9 Å². The van der Waals surface area contributed by atoms with Crippen molar-refractivity contribution in [1.82, 2.24) is 0 Å². The van der Waals surface area contributed by atoms with Crippen LogP contribution in [0.15, 0.2) is 194 Å². The van der Waals surface area contributed by atoms with E-state index in [0.29, 0.717) is 0 Å². The third kappa shape index (κ3) is 5.93. The smallest absolute Gasteiger partial charge is 0.0443 e. The molecule has 0 N–H and O–H groups in total. The van der Waals surface area contributed by atoms with Gasteiger partial charge in [0.1, 0.15) is 0 Å². The van der Waals surface area contributed by atoms with Gasteiger partial charge in [-0.1, -0.05) is 166 Å². The van der Waals surface area contributed by atoms with Crippen LogP contribution in [0, 0.1) is 0 Å². The molecule has 65 heavy (non-hydrogen) atoms. The second-order valence-corrected chi connectivity index (χ2v) is 19.0. The van der Waals surface area contributed by atoms with Crippen molar-refractivity contribution in [2.75, 3.05) is 22.9 Å². The molecule has 0 radical (unpaired) electrons. The lowest BCUT2D eigenvalue weighted by molar-refractivity contribution is 0.660.